The van der Waals surface area contributed by atoms with Crippen LogP contribution in [0.2, 0.25) is 0 Å². The fourth-order valence-electron chi connectivity index (χ4n) is 3.95. The minimum atomic E-state index is -4.92. The molecule has 2 aromatic heterocycles. The fraction of sp³-hybridized carbons (Fsp3) is 0.364. The van der Waals surface area contributed by atoms with Gasteiger partial charge in [0, 0.05) is 12.1 Å². The summed E-state index contributed by atoms with van der Waals surface area (Å²) in [6.45, 7) is 4.80. The van der Waals surface area contributed by atoms with E-state index in [4.69, 9.17) is 5.26 Å². The summed E-state index contributed by atoms with van der Waals surface area (Å²) in [7, 11) is 0. The van der Waals surface area contributed by atoms with Crippen LogP contribution >= 0.6 is 0 Å². The minimum absolute atomic E-state index is 0.138. The van der Waals surface area contributed by atoms with Crippen molar-refractivity contribution in [1.29, 1.82) is 5.26 Å². The Kier molecular flexibility index (Phi) is 5.37. The van der Waals surface area contributed by atoms with E-state index in [0.717, 1.165) is 0 Å². The molecule has 1 atom stereocenters. The normalized spacial score (nSPS) is 14.5. The highest BCUT2D eigenvalue weighted by molar-refractivity contribution is 5.76. The topological polar surface area (TPSA) is 72.7 Å². The van der Waals surface area contributed by atoms with E-state index in [2.05, 4.69) is 9.97 Å². The SMILES string of the molecule is Cc1ccc(F)cc1C(C)(C)CC(O)(Cc1cc2nc(C#N)ccc2[nH]1)C(F)(F)F. The van der Waals surface area contributed by atoms with Gasteiger partial charge in [0.2, 0.25) is 0 Å². The first-order valence-corrected chi connectivity index (χ1v) is 9.29. The lowest BCUT2D eigenvalue weighted by atomic mass is 9.72. The van der Waals surface area contributed by atoms with Gasteiger partial charge in [-0.1, -0.05) is 19.9 Å². The predicted molar refractivity (Wildman–Crippen MR) is 104 cm³/mol. The minimum Gasteiger partial charge on any atom is -0.380 e. The third kappa shape index (κ3) is 4.17. The van der Waals surface area contributed by atoms with Gasteiger partial charge >= 0.3 is 6.18 Å². The van der Waals surface area contributed by atoms with Crippen LogP contribution in [-0.2, 0) is 11.8 Å². The van der Waals surface area contributed by atoms with Crippen LogP contribution in [0.15, 0.2) is 36.4 Å². The highest BCUT2D eigenvalue weighted by atomic mass is 19.4. The van der Waals surface area contributed by atoms with E-state index in [1.165, 1.54) is 30.3 Å². The predicted octanol–water partition coefficient (Wildman–Crippen LogP) is 5.09. The van der Waals surface area contributed by atoms with Crippen LogP contribution < -0.4 is 0 Å². The first kappa shape index (κ1) is 21.8. The molecule has 1 aromatic carbocycles. The first-order valence-electron chi connectivity index (χ1n) is 9.29. The molecule has 0 fully saturated rings. The summed E-state index contributed by atoms with van der Waals surface area (Å²) in [5.41, 5.74) is -2.08. The van der Waals surface area contributed by atoms with Crippen molar-refractivity contribution in [2.45, 2.75) is 50.8 Å². The number of hydrogen-bond acceptors (Lipinski definition) is 3. The zero-order chi connectivity index (χ0) is 22.3. The molecule has 2 N–H and O–H groups in total. The van der Waals surface area contributed by atoms with Crippen molar-refractivity contribution in [2.24, 2.45) is 0 Å². The summed E-state index contributed by atoms with van der Waals surface area (Å²) >= 11 is 0. The zero-order valence-corrected chi connectivity index (χ0v) is 16.7. The molecule has 8 heteroatoms. The van der Waals surface area contributed by atoms with Gasteiger partial charge in [-0.2, -0.15) is 18.4 Å². The average molecular weight is 419 g/mol. The molecular formula is C22H21F4N3O. The lowest BCUT2D eigenvalue weighted by Gasteiger charge is -2.38. The van der Waals surface area contributed by atoms with Gasteiger partial charge in [0.05, 0.1) is 11.0 Å². The van der Waals surface area contributed by atoms with E-state index in [1.54, 1.807) is 26.8 Å². The Morgan fingerprint density at radius 3 is 2.47 bits per heavy atom. The number of fused-ring (bicyclic) bond motifs is 1. The Labute approximate surface area is 171 Å². The number of aliphatic hydroxyl groups is 1. The Hall–Kier alpha value is -2.92. The third-order valence-corrected chi connectivity index (χ3v) is 5.32. The van der Waals surface area contributed by atoms with Crippen LogP contribution in [0.1, 0.15) is 42.8 Å². The number of nitriles is 1. The number of aryl methyl sites for hydroxylation is 1. The second-order valence-electron chi connectivity index (χ2n) is 8.26. The second kappa shape index (κ2) is 7.40. The molecule has 3 rings (SSSR count). The standard InChI is InChI=1S/C22H21F4N3O/c1-13-4-5-14(23)8-17(13)20(2,3)12-21(30,22(24,25)26)10-16-9-19-18(29-16)7-6-15(11-27)28-19/h4-9,29-30H,10,12H2,1-3H3. The Balaban J connectivity index is 1.99. The van der Waals surface area contributed by atoms with Gasteiger partial charge in [-0.25, -0.2) is 9.37 Å². The molecule has 0 spiro atoms. The molecule has 0 amide bonds. The van der Waals surface area contributed by atoms with Crippen molar-refractivity contribution in [3.63, 3.8) is 0 Å². The maximum absolute atomic E-state index is 14.0. The molecule has 158 valence electrons. The number of pyridine rings is 1. The molecule has 0 aliphatic heterocycles. The average Bonchev–Trinajstić information content (AvgIpc) is 3.03. The van der Waals surface area contributed by atoms with E-state index >= 15 is 0 Å². The Morgan fingerprint density at radius 2 is 1.83 bits per heavy atom. The third-order valence-electron chi connectivity index (χ3n) is 5.32. The molecule has 0 saturated carbocycles. The molecule has 0 aliphatic rings. The molecule has 0 saturated heterocycles. The van der Waals surface area contributed by atoms with E-state index in [9.17, 15) is 22.7 Å². The van der Waals surface area contributed by atoms with Crippen molar-refractivity contribution < 1.29 is 22.7 Å². The summed E-state index contributed by atoms with van der Waals surface area (Å²) < 4.78 is 55.7. The molecule has 1 unspecified atom stereocenters. The van der Waals surface area contributed by atoms with Gasteiger partial charge in [-0.05, 0) is 60.2 Å². The van der Waals surface area contributed by atoms with Crippen LogP contribution in [-0.4, -0.2) is 26.9 Å². The Bertz CT molecular complexity index is 1130. The maximum Gasteiger partial charge on any atom is 0.417 e. The summed E-state index contributed by atoms with van der Waals surface area (Å²) in [6, 6.07) is 10.2. The molecule has 0 bridgehead atoms. The van der Waals surface area contributed by atoms with Gasteiger partial charge in [0.25, 0.3) is 0 Å². The van der Waals surface area contributed by atoms with Crippen LogP contribution in [0.25, 0.3) is 11.0 Å². The molecule has 3 aromatic rings. The van der Waals surface area contributed by atoms with Crippen LogP contribution in [0.3, 0.4) is 0 Å². The monoisotopic (exact) mass is 419 g/mol. The number of halogens is 4. The summed E-state index contributed by atoms with van der Waals surface area (Å²) in [4.78, 5) is 6.88. The Morgan fingerprint density at radius 1 is 1.13 bits per heavy atom. The van der Waals surface area contributed by atoms with Gasteiger partial charge in [0.1, 0.15) is 17.6 Å². The number of H-pyrrole nitrogens is 1. The maximum atomic E-state index is 14.0. The number of aromatic amines is 1. The van der Waals surface area contributed by atoms with Crippen LogP contribution in [0, 0.1) is 24.1 Å². The zero-order valence-electron chi connectivity index (χ0n) is 16.7. The van der Waals surface area contributed by atoms with E-state index in [-0.39, 0.29) is 11.4 Å². The van der Waals surface area contributed by atoms with E-state index in [0.29, 0.717) is 22.2 Å². The summed E-state index contributed by atoms with van der Waals surface area (Å²) in [5, 5.41) is 19.7. The van der Waals surface area contributed by atoms with Crippen LogP contribution in [0.4, 0.5) is 17.6 Å². The van der Waals surface area contributed by atoms with Gasteiger partial charge in [0.15, 0.2) is 5.60 Å². The summed E-state index contributed by atoms with van der Waals surface area (Å²) in [6.07, 6.45) is -6.32. The van der Waals surface area contributed by atoms with Crippen molar-refractivity contribution in [3.8, 4) is 6.07 Å². The number of nitrogens with one attached hydrogen (secondary N) is 1. The van der Waals surface area contributed by atoms with E-state index in [1.807, 2.05) is 6.07 Å². The lowest BCUT2D eigenvalue weighted by molar-refractivity contribution is -0.266. The van der Waals surface area contributed by atoms with Crippen molar-refractivity contribution in [3.05, 3.63) is 64.7 Å². The molecule has 4 nitrogen and oxygen atoms in total. The largest absolute Gasteiger partial charge is 0.417 e. The van der Waals surface area contributed by atoms with Gasteiger partial charge < -0.3 is 10.1 Å². The van der Waals surface area contributed by atoms with Crippen molar-refractivity contribution in [1.82, 2.24) is 9.97 Å². The van der Waals surface area contributed by atoms with Gasteiger partial charge in [-0.15, -0.1) is 0 Å². The molecular weight excluding hydrogens is 398 g/mol. The molecule has 30 heavy (non-hydrogen) atoms. The number of hydrogen-bond donors (Lipinski definition) is 2. The van der Waals surface area contributed by atoms with Crippen molar-refractivity contribution >= 4 is 11.0 Å². The number of alkyl halides is 3. The number of benzene rings is 1. The second-order valence-corrected chi connectivity index (χ2v) is 8.26. The molecule has 0 aliphatic carbocycles. The highest BCUT2D eigenvalue weighted by Crippen LogP contribution is 2.43. The number of rotatable bonds is 5. The van der Waals surface area contributed by atoms with Crippen LogP contribution in [0.5, 0.6) is 0 Å². The van der Waals surface area contributed by atoms with Crippen molar-refractivity contribution in [2.75, 3.05) is 0 Å². The quantitative estimate of drug-likeness (QED) is 0.566. The first-order chi connectivity index (χ1) is 13.8. The number of nitrogens with zero attached hydrogens (tertiary/aromatic N) is 2. The van der Waals surface area contributed by atoms with E-state index < -0.39 is 35.9 Å². The molecule has 0 radical (unpaired) electrons. The lowest BCUT2D eigenvalue weighted by Crippen LogP contribution is -2.51. The highest BCUT2D eigenvalue weighted by Gasteiger charge is 2.56. The fourth-order valence-corrected chi connectivity index (χ4v) is 3.95. The smallest absolute Gasteiger partial charge is 0.380 e. The van der Waals surface area contributed by atoms with Gasteiger partial charge in [-0.3, -0.25) is 0 Å². The summed E-state index contributed by atoms with van der Waals surface area (Å²) in [5.74, 6) is -0.547. The number of aromatic nitrogens is 2. The molecule has 2 heterocycles.